The predicted octanol–water partition coefficient (Wildman–Crippen LogP) is 1.09. The molecule has 5 nitrogen and oxygen atoms in total. The summed E-state index contributed by atoms with van der Waals surface area (Å²) in [5.41, 5.74) is -0.195. The van der Waals surface area contributed by atoms with Crippen LogP contribution in [0.2, 0.25) is 0 Å². The fourth-order valence-electron chi connectivity index (χ4n) is 1.72. The van der Waals surface area contributed by atoms with Crippen molar-refractivity contribution < 1.29 is 13.9 Å². The van der Waals surface area contributed by atoms with Gasteiger partial charge in [-0.3, -0.25) is 9.69 Å². The third-order valence-electron chi connectivity index (χ3n) is 2.75. The number of rotatable bonds is 5. The molecule has 1 aliphatic rings. The summed E-state index contributed by atoms with van der Waals surface area (Å²) in [6, 6.07) is 1.36. The number of morpholine rings is 1. The van der Waals surface area contributed by atoms with Crippen LogP contribution in [0.5, 0.6) is 5.75 Å². The van der Waals surface area contributed by atoms with Crippen LogP contribution in [0, 0.1) is 0 Å². The van der Waals surface area contributed by atoms with E-state index in [0.717, 1.165) is 32.8 Å². The van der Waals surface area contributed by atoms with Crippen LogP contribution in [0.25, 0.3) is 0 Å². The minimum Gasteiger partial charge on any atom is -0.485 e. The van der Waals surface area contributed by atoms with E-state index in [0.29, 0.717) is 12.4 Å². The lowest BCUT2D eigenvalue weighted by Gasteiger charge is -2.26. The van der Waals surface area contributed by atoms with Crippen LogP contribution in [-0.2, 0) is 10.6 Å². The highest BCUT2D eigenvalue weighted by atomic mass is 35.5. The summed E-state index contributed by atoms with van der Waals surface area (Å²) in [5.74, 6) is 0.864. The molecule has 1 saturated heterocycles. The Kier molecular flexibility index (Phi) is 5.04. The molecule has 0 atom stereocenters. The highest BCUT2D eigenvalue weighted by Gasteiger charge is 2.10. The Labute approximate surface area is 110 Å². The first-order valence-corrected chi connectivity index (χ1v) is 6.43. The monoisotopic (exact) mass is 273 g/mol. The van der Waals surface area contributed by atoms with Crippen molar-refractivity contribution >= 4 is 11.6 Å². The van der Waals surface area contributed by atoms with Crippen molar-refractivity contribution in [3.8, 4) is 5.75 Å². The van der Waals surface area contributed by atoms with Gasteiger partial charge in [0.2, 0.25) is 11.2 Å². The number of halogens is 1. The highest BCUT2D eigenvalue weighted by molar-refractivity contribution is 6.16. The Morgan fingerprint density at radius 2 is 2.17 bits per heavy atom. The number of ether oxygens (including phenoxy) is 2. The summed E-state index contributed by atoms with van der Waals surface area (Å²) in [7, 11) is 0. The van der Waals surface area contributed by atoms with Crippen LogP contribution in [-0.4, -0.2) is 44.4 Å². The lowest BCUT2D eigenvalue weighted by Crippen LogP contribution is -2.38. The zero-order valence-corrected chi connectivity index (χ0v) is 10.8. The molecule has 0 radical (unpaired) electrons. The van der Waals surface area contributed by atoms with Gasteiger partial charge in [-0.1, -0.05) is 0 Å². The fourth-order valence-corrected chi connectivity index (χ4v) is 1.86. The SMILES string of the molecule is O=c1cc(CCl)occ1OCCN1CCOCC1. The molecule has 0 amide bonds. The average Bonchev–Trinajstić information content (AvgIpc) is 2.42. The largest absolute Gasteiger partial charge is 0.485 e. The van der Waals surface area contributed by atoms with Crippen molar-refractivity contribution in [2.24, 2.45) is 0 Å². The van der Waals surface area contributed by atoms with Gasteiger partial charge in [0.15, 0.2) is 0 Å². The van der Waals surface area contributed by atoms with Gasteiger partial charge in [-0.15, -0.1) is 11.6 Å². The maximum atomic E-state index is 11.6. The summed E-state index contributed by atoms with van der Waals surface area (Å²) in [5, 5.41) is 0. The van der Waals surface area contributed by atoms with Crippen LogP contribution < -0.4 is 10.2 Å². The van der Waals surface area contributed by atoms with Crippen molar-refractivity contribution in [1.82, 2.24) is 4.90 Å². The first kappa shape index (κ1) is 13.4. The van der Waals surface area contributed by atoms with E-state index in [1.807, 2.05) is 0 Å². The van der Waals surface area contributed by atoms with E-state index in [9.17, 15) is 4.79 Å². The van der Waals surface area contributed by atoms with Crippen molar-refractivity contribution in [2.45, 2.75) is 5.88 Å². The minimum absolute atomic E-state index is 0.184. The number of alkyl halides is 1. The second-order valence-electron chi connectivity index (χ2n) is 4.01. The van der Waals surface area contributed by atoms with Gasteiger partial charge in [0.05, 0.1) is 19.1 Å². The topological polar surface area (TPSA) is 51.9 Å². The van der Waals surface area contributed by atoms with Gasteiger partial charge in [0, 0.05) is 25.7 Å². The van der Waals surface area contributed by atoms with Gasteiger partial charge in [-0.25, -0.2) is 0 Å². The summed E-state index contributed by atoms with van der Waals surface area (Å²) < 4.78 is 15.8. The van der Waals surface area contributed by atoms with Crippen molar-refractivity contribution in [3.63, 3.8) is 0 Å². The van der Waals surface area contributed by atoms with Crippen LogP contribution in [0.4, 0.5) is 0 Å². The fraction of sp³-hybridized carbons (Fsp3) is 0.583. The van der Waals surface area contributed by atoms with E-state index in [-0.39, 0.29) is 17.1 Å². The predicted molar refractivity (Wildman–Crippen MR) is 67.3 cm³/mol. The molecule has 0 unspecified atom stereocenters. The Morgan fingerprint density at radius 3 is 2.83 bits per heavy atom. The molecule has 2 rings (SSSR count). The molecule has 1 fully saturated rings. The van der Waals surface area contributed by atoms with Crippen molar-refractivity contribution in [2.75, 3.05) is 39.5 Å². The summed E-state index contributed by atoms with van der Waals surface area (Å²) >= 11 is 5.57. The van der Waals surface area contributed by atoms with Crippen LogP contribution in [0.3, 0.4) is 0 Å². The molecule has 0 spiro atoms. The van der Waals surface area contributed by atoms with E-state index in [2.05, 4.69) is 4.90 Å². The Hall–Kier alpha value is -1.04. The summed E-state index contributed by atoms with van der Waals surface area (Å²) in [4.78, 5) is 13.8. The maximum Gasteiger partial charge on any atom is 0.227 e. The van der Waals surface area contributed by atoms with Gasteiger partial charge in [0.1, 0.15) is 18.6 Å². The lowest BCUT2D eigenvalue weighted by atomic mass is 10.4. The van der Waals surface area contributed by atoms with E-state index >= 15 is 0 Å². The molecule has 18 heavy (non-hydrogen) atoms. The normalized spacial score (nSPS) is 16.7. The molecule has 0 aromatic carbocycles. The molecular weight excluding hydrogens is 258 g/mol. The standard InChI is InChI=1S/C12H16ClNO4/c13-8-10-7-11(15)12(9-18-10)17-6-3-14-1-4-16-5-2-14/h7,9H,1-6,8H2. The molecule has 0 aliphatic carbocycles. The van der Waals surface area contributed by atoms with E-state index < -0.39 is 0 Å². The van der Waals surface area contributed by atoms with Crippen molar-refractivity contribution in [3.05, 3.63) is 28.3 Å². The zero-order valence-electron chi connectivity index (χ0n) is 10.1. The van der Waals surface area contributed by atoms with Crippen molar-refractivity contribution in [1.29, 1.82) is 0 Å². The third-order valence-corrected chi connectivity index (χ3v) is 3.02. The van der Waals surface area contributed by atoms with E-state index in [1.54, 1.807) is 0 Å². The van der Waals surface area contributed by atoms with Gasteiger partial charge in [-0.2, -0.15) is 0 Å². The van der Waals surface area contributed by atoms with Crippen LogP contribution >= 0.6 is 11.6 Å². The number of hydrogen-bond acceptors (Lipinski definition) is 5. The van der Waals surface area contributed by atoms with Gasteiger partial charge in [0.25, 0.3) is 0 Å². The summed E-state index contributed by atoms with van der Waals surface area (Å²) in [6.07, 6.45) is 1.32. The van der Waals surface area contributed by atoms with Gasteiger partial charge < -0.3 is 13.9 Å². The molecule has 2 heterocycles. The molecule has 0 bridgehead atoms. The lowest BCUT2D eigenvalue weighted by molar-refractivity contribution is 0.0320. The summed E-state index contributed by atoms with van der Waals surface area (Å²) in [6.45, 7) is 4.57. The Balaban J connectivity index is 1.80. The molecule has 1 aliphatic heterocycles. The second kappa shape index (κ2) is 6.78. The molecule has 0 saturated carbocycles. The molecule has 1 aromatic heterocycles. The average molecular weight is 274 g/mol. The molecule has 0 N–H and O–H groups in total. The Morgan fingerprint density at radius 1 is 1.39 bits per heavy atom. The third kappa shape index (κ3) is 3.73. The Bertz CT molecular complexity index is 428. The number of nitrogens with zero attached hydrogens (tertiary/aromatic N) is 1. The molecule has 6 heteroatoms. The maximum absolute atomic E-state index is 11.6. The molecular formula is C12H16ClNO4. The van der Waals surface area contributed by atoms with E-state index in [4.69, 9.17) is 25.5 Å². The van der Waals surface area contributed by atoms with Gasteiger partial charge >= 0.3 is 0 Å². The first-order chi connectivity index (χ1) is 8.79. The molecule has 100 valence electrons. The minimum atomic E-state index is -0.195. The zero-order chi connectivity index (χ0) is 12.8. The highest BCUT2D eigenvalue weighted by Crippen LogP contribution is 2.08. The van der Waals surface area contributed by atoms with Gasteiger partial charge in [-0.05, 0) is 0 Å². The number of hydrogen-bond donors (Lipinski definition) is 0. The first-order valence-electron chi connectivity index (χ1n) is 5.90. The second-order valence-corrected chi connectivity index (χ2v) is 4.28. The van der Waals surface area contributed by atoms with E-state index in [1.165, 1.54) is 12.3 Å². The van der Waals surface area contributed by atoms with Crippen LogP contribution in [0.1, 0.15) is 5.76 Å². The van der Waals surface area contributed by atoms with Crippen LogP contribution in [0.15, 0.2) is 21.5 Å². The molecule has 1 aromatic rings. The smallest absolute Gasteiger partial charge is 0.227 e. The quantitative estimate of drug-likeness (QED) is 0.752.